The van der Waals surface area contributed by atoms with Gasteiger partial charge in [-0.25, -0.2) is 0 Å². The second-order valence-corrected chi connectivity index (χ2v) is 26.7. The van der Waals surface area contributed by atoms with E-state index in [0.29, 0.717) is 6.54 Å². The normalized spacial score (nSPS) is 13.4. The maximum Gasteiger partial charge on any atom is 0.261 e. The number of hydrogen-bond donors (Lipinski definition) is 0. The van der Waals surface area contributed by atoms with Crippen molar-refractivity contribution in [2.45, 2.75) is 104 Å². The van der Waals surface area contributed by atoms with E-state index in [2.05, 4.69) is 187 Å². The van der Waals surface area contributed by atoms with Crippen LogP contribution in [0.1, 0.15) is 93.9 Å². The van der Waals surface area contributed by atoms with Gasteiger partial charge >= 0.3 is 0 Å². The molecule has 5 rings (SSSR count). The van der Waals surface area contributed by atoms with Gasteiger partial charge in [0.1, 0.15) is 5.78 Å². The first kappa shape index (κ1) is 50.1. The van der Waals surface area contributed by atoms with Crippen LogP contribution in [0.15, 0.2) is 121 Å². The Morgan fingerprint density at radius 2 is 0.881 bits per heavy atom. The number of likely N-dealkylation sites (N-methyl/N-ethyl adjacent to an activating group) is 1. The number of hydrogen-bond acceptors (Lipinski definition) is 6. The summed E-state index contributed by atoms with van der Waals surface area (Å²) in [6.07, 6.45) is 6.87. The van der Waals surface area contributed by atoms with Crippen LogP contribution in [-0.2, 0) is 18.4 Å². The minimum atomic E-state index is -2.42. The molecule has 1 fully saturated rings. The van der Waals surface area contributed by atoms with Crippen LogP contribution >= 0.6 is 0 Å². The molecule has 0 atom stereocenters. The lowest BCUT2D eigenvalue weighted by Gasteiger charge is -2.43. The van der Waals surface area contributed by atoms with Crippen molar-refractivity contribution < 1.29 is 18.4 Å². The van der Waals surface area contributed by atoms with Crippen LogP contribution in [0, 0.1) is 0 Å². The summed E-state index contributed by atoms with van der Waals surface area (Å²) in [6, 6.07) is 43.3. The predicted molar refractivity (Wildman–Crippen MR) is 257 cm³/mol. The van der Waals surface area contributed by atoms with Crippen molar-refractivity contribution in [2.24, 2.45) is 0 Å². The highest BCUT2D eigenvalue weighted by molar-refractivity contribution is 7.00. The molecule has 4 aromatic carbocycles. The molecule has 1 saturated heterocycles. The summed E-state index contributed by atoms with van der Waals surface area (Å²) in [7, 11) is -0.581. The minimum absolute atomic E-state index is 0.0150. The van der Waals surface area contributed by atoms with E-state index in [9.17, 15) is 4.79 Å². The molecule has 0 radical (unpaired) electrons. The summed E-state index contributed by atoms with van der Waals surface area (Å²) >= 11 is 0. The maximum atomic E-state index is 11.2. The first-order valence-corrected chi connectivity index (χ1v) is 25.9. The fourth-order valence-corrected chi connectivity index (χ4v) is 17.3. The molecule has 0 saturated carbocycles. The number of Topliss-reactive ketones (excluding diaryl/α,β-unsaturated/α-hetero) is 1. The summed E-state index contributed by atoms with van der Waals surface area (Å²) < 4.78 is 18.7. The second-order valence-electron chi connectivity index (χ2n) is 18.1. The number of unbranched alkanes of at least 4 members (excludes halogenated alkanes) is 2. The van der Waals surface area contributed by atoms with Crippen LogP contribution < -0.4 is 20.7 Å². The first-order chi connectivity index (χ1) is 28.2. The number of benzene rings is 4. The molecule has 4 aromatic rings. The van der Waals surface area contributed by atoms with Crippen LogP contribution in [0.2, 0.25) is 10.1 Å². The highest BCUT2D eigenvalue weighted by Gasteiger charge is 2.51. The molecule has 0 aromatic heterocycles. The molecular formula is C51H78N2O4Si2. The molecule has 0 unspecified atom stereocenters. The van der Waals surface area contributed by atoms with E-state index in [4.69, 9.17) is 13.6 Å². The predicted octanol–water partition coefficient (Wildman–Crippen LogP) is 8.96. The number of rotatable bonds is 19. The third-order valence-electron chi connectivity index (χ3n) is 11.2. The van der Waals surface area contributed by atoms with Crippen LogP contribution in [0.4, 0.5) is 0 Å². The molecular weight excluding hydrogens is 761 g/mol. The topological polar surface area (TPSA) is 51.2 Å². The lowest BCUT2D eigenvalue weighted by molar-refractivity contribution is -0.117. The molecule has 1 aliphatic rings. The van der Waals surface area contributed by atoms with E-state index in [1.54, 1.807) is 6.92 Å². The van der Waals surface area contributed by atoms with E-state index in [-0.39, 0.29) is 15.9 Å². The Bertz CT molecular complexity index is 1610. The molecule has 1 heterocycles. The smallest absolute Gasteiger partial charge is 0.261 e. The molecule has 1 aliphatic heterocycles. The van der Waals surface area contributed by atoms with Crippen LogP contribution in [-0.4, -0.2) is 98.9 Å². The Hall–Kier alpha value is -3.22. The second kappa shape index (κ2) is 25.5. The van der Waals surface area contributed by atoms with E-state index < -0.39 is 16.6 Å². The van der Waals surface area contributed by atoms with Gasteiger partial charge in [-0.3, -0.25) is 9.69 Å². The molecule has 59 heavy (non-hydrogen) atoms. The standard InChI is InChI=1S/C24H35NO2Si.C23H35NOSi.C4H8O/c1-21(26)20-25(5)18-12-13-19-27-28(24(2,3)4,22-14-8-6-9-15-22)23-16-10-7-11-17-23;1-6-24(5)19-13-14-20-25-26(23(2,3)4,21-15-9-7-10-16-21)22-17-11-8-12-18-22;1-2-4-5-3-1/h6-11,14-17H,12-13,18-20H2,1-5H3;7-12,15-18H,6,13-14,19-20H2,1-5H3;1-4H2. The molecule has 0 bridgehead atoms. The zero-order valence-corrected chi connectivity index (χ0v) is 40.5. The van der Waals surface area contributed by atoms with Gasteiger partial charge in [-0.15, -0.1) is 0 Å². The van der Waals surface area contributed by atoms with Gasteiger partial charge < -0.3 is 18.5 Å². The lowest BCUT2D eigenvalue weighted by Crippen LogP contribution is -2.66. The quantitative estimate of drug-likeness (QED) is 0.0695. The van der Waals surface area contributed by atoms with Crippen LogP contribution in [0.25, 0.3) is 0 Å². The van der Waals surface area contributed by atoms with Crippen molar-refractivity contribution >= 4 is 43.2 Å². The number of ketones is 1. The summed E-state index contributed by atoms with van der Waals surface area (Å²) in [6.45, 7) is 25.0. The van der Waals surface area contributed by atoms with Gasteiger partial charge in [-0.05, 0) is 110 Å². The molecule has 0 N–H and O–H groups in total. The van der Waals surface area contributed by atoms with E-state index in [1.165, 1.54) is 40.0 Å². The summed E-state index contributed by atoms with van der Waals surface area (Å²) in [5, 5.41) is 5.45. The molecule has 0 spiro atoms. The highest BCUT2D eigenvalue weighted by Crippen LogP contribution is 2.38. The molecule has 8 heteroatoms. The van der Waals surface area contributed by atoms with Gasteiger partial charge in [0.15, 0.2) is 0 Å². The van der Waals surface area contributed by atoms with E-state index in [1.807, 2.05) is 7.05 Å². The molecule has 0 amide bonds. The van der Waals surface area contributed by atoms with Gasteiger partial charge in [0.2, 0.25) is 0 Å². The van der Waals surface area contributed by atoms with Gasteiger partial charge in [-0.1, -0.05) is 170 Å². The van der Waals surface area contributed by atoms with Gasteiger partial charge in [-0.2, -0.15) is 0 Å². The zero-order valence-electron chi connectivity index (χ0n) is 38.5. The van der Waals surface area contributed by atoms with Crippen molar-refractivity contribution in [1.29, 1.82) is 0 Å². The third kappa shape index (κ3) is 15.3. The lowest BCUT2D eigenvalue weighted by atomic mass is 10.2. The SMILES string of the molecule is C1CCOC1.CC(=O)CN(C)CCCCO[Si](c1ccccc1)(c1ccccc1)C(C)(C)C.CCN(C)CCCCO[Si](c1ccccc1)(c1ccccc1)C(C)(C)C. The Morgan fingerprint density at radius 1 is 0.559 bits per heavy atom. The number of ether oxygens (including phenoxy) is 1. The number of carbonyl (C=O) groups is 1. The van der Waals surface area contributed by atoms with Gasteiger partial charge in [0, 0.05) is 26.4 Å². The van der Waals surface area contributed by atoms with Crippen molar-refractivity contribution in [3.05, 3.63) is 121 Å². The van der Waals surface area contributed by atoms with Crippen LogP contribution in [0.5, 0.6) is 0 Å². The number of nitrogens with zero attached hydrogens (tertiary/aromatic N) is 2. The summed E-state index contributed by atoms with van der Waals surface area (Å²) in [5.41, 5.74) is 0. The fourth-order valence-electron chi connectivity index (χ4n) is 8.07. The van der Waals surface area contributed by atoms with Gasteiger partial charge in [0.25, 0.3) is 16.6 Å². The average Bonchev–Trinajstić information content (AvgIpc) is 3.82. The Balaban J connectivity index is 0.000000282. The molecule has 324 valence electrons. The van der Waals surface area contributed by atoms with Crippen molar-refractivity contribution in [3.8, 4) is 0 Å². The summed E-state index contributed by atoms with van der Waals surface area (Å²) in [5.74, 6) is 0.214. The van der Waals surface area contributed by atoms with Crippen molar-refractivity contribution in [1.82, 2.24) is 9.80 Å². The Morgan fingerprint density at radius 3 is 1.14 bits per heavy atom. The molecule has 6 nitrogen and oxygen atoms in total. The largest absolute Gasteiger partial charge is 0.407 e. The maximum absolute atomic E-state index is 11.2. The Kier molecular flexibility index (Phi) is 21.7. The third-order valence-corrected chi connectivity index (χ3v) is 21.3. The zero-order chi connectivity index (χ0) is 43.2. The van der Waals surface area contributed by atoms with Crippen molar-refractivity contribution in [3.63, 3.8) is 0 Å². The summed E-state index contributed by atoms with van der Waals surface area (Å²) in [4.78, 5) is 15.7. The average molecular weight is 839 g/mol. The van der Waals surface area contributed by atoms with Gasteiger partial charge in [0.05, 0.1) is 6.54 Å². The van der Waals surface area contributed by atoms with E-state index >= 15 is 0 Å². The fraction of sp³-hybridized carbons (Fsp3) is 0.510. The first-order valence-electron chi connectivity index (χ1n) is 22.1. The Labute approximate surface area is 361 Å². The number of carbonyl (C=O) groups excluding carboxylic acids is 1. The highest BCUT2D eigenvalue weighted by atomic mass is 28.4. The minimum Gasteiger partial charge on any atom is -0.407 e. The van der Waals surface area contributed by atoms with E-state index in [0.717, 1.165) is 65.3 Å². The van der Waals surface area contributed by atoms with Crippen LogP contribution in [0.3, 0.4) is 0 Å². The van der Waals surface area contributed by atoms with Crippen molar-refractivity contribution in [2.75, 3.05) is 66.7 Å². The molecule has 0 aliphatic carbocycles. The monoisotopic (exact) mass is 839 g/mol.